The zero-order valence-electron chi connectivity index (χ0n) is 11.7. The molecule has 1 aliphatic rings. The molecule has 1 saturated carbocycles. The Bertz CT molecular complexity index is 577. The van der Waals surface area contributed by atoms with Gasteiger partial charge in [0.15, 0.2) is 0 Å². The highest BCUT2D eigenvalue weighted by molar-refractivity contribution is 7.91. The average molecular weight is 332 g/mol. The van der Waals surface area contributed by atoms with E-state index >= 15 is 0 Å². The van der Waals surface area contributed by atoms with Gasteiger partial charge >= 0.3 is 0 Å². The smallest absolute Gasteiger partial charge is 0.247 e. The molecule has 0 aromatic carbocycles. The second-order valence-corrected chi connectivity index (χ2v) is 8.03. The van der Waals surface area contributed by atoms with Crippen LogP contribution in [0.4, 0.5) is 0 Å². The normalized spacial score (nSPS) is 16.2. The van der Waals surface area contributed by atoms with Crippen molar-refractivity contribution in [1.82, 2.24) is 5.32 Å². The molecule has 1 amide bonds. The van der Waals surface area contributed by atoms with Crippen LogP contribution >= 0.6 is 11.3 Å². The summed E-state index contributed by atoms with van der Waals surface area (Å²) in [7, 11) is -3.68. The van der Waals surface area contributed by atoms with Crippen molar-refractivity contribution < 1.29 is 17.9 Å². The number of sulfonamides is 1. The van der Waals surface area contributed by atoms with Crippen LogP contribution in [0.15, 0.2) is 16.3 Å². The number of rotatable bonds is 7. The van der Waals surface area contributed by atoms with Crippen molar-refractivity contribution >= 4 is 27.3 Å². The molecule has 6 nitrogen and oxygen atoms in total. The van der Waals surface area contributed by atoms with E-state index in [1.165, 1.54) is 18.9 Å². The number of primary sulfonamides is 1. The number of hydrogen-bond acceptors (Lipinski definition) is 5. The van der Waals surface area contributed by atoms with Crippen LogP contribution < -0.4 is 10.5 Å². The van der Waals surface area contributed by atoms with Crippen molar-refractivity contribution in [3.63, 3.8) is 0 Å². The van der Waals surface area contributed by atoms with Gasteiger partial charge in [-0.05, 0) is 25.0 Å². The first-order valence-electron chi connectivity index (χ1n) is 6.95. The number of ether oxygens (including phenoxy) is 1. The van der Waals surface area contributed by atoms with Crippen LogP contribution in [-0.2, 0) is 26.0 Å². The minimum atomic E-state index is -3.68. The quantitative estimate of drug-likeness (QED) is 0.728. The SMILES string of the molecule is NS(=O)(=O)c1ccc(CC(=O)NCCOC2CCCC2)s1. The van der Waals surface area contributed by atoms with Gasteiger partial charge in [0.05, 0.1) is 19.1 Å². The molecule has 0 bridgehead atoms. The maximum absolute atomic E-state index is 11.7. The van der Waals surface area contributed by atoms with Gasteiger partial charge in [-0.1, -0.05) is 12.8 Å². The minimum Gasteiger partial charge on any atom is -0.376 e. The first-order chi connectivity index (χ1) is 9.95. The number of thiophene rings is 1. The van der Waals surface area contributed by atoms with E-state index in [2.05, 4.69) is 5.32 Å². The van der Waals surface area contributed by atoms with Gasteiger partial charge in [-0.25, -0.2) is 13.6 Å². The Balaban J connectivity index is 1.68. The van der Waals surface area contributed by atoms with Crippen LogP contribution in [0.25, 0.3) is 0 Å². The maximum atomic E-state index is 11.7. The number of nitrogens with one attached hydrogen (secondary N) is 1. The lowest BCUT2D eigenvalue weighted by atomic mass is 10.3. The summed E-state index contributed by atoms with van der Waals surface area (Å²) in [6.45, 7) is 0.992. The summed E-state index contributed by atoms with van der Waals surface area (Å²) in [4.78, 5) is 12.4. The van der Waals surface area contributed by atoms with Crippen molar-refractivity contribution in [3.8, 4) is 0 Å². The number of hydrogen-bond donors (Lipinski definition) is 2. The monoisotopic (exact) mass is 332 g/mol. The molecule has 0 radical (unpaired) electrons. The molecular formula is C13H20N2O4S2. The third kappa shape index (κ3) is 5.39. The maximum Gasteiger partial charge on any atom is 0.247 e. The molecule has 0 spiro atoms. The van der Waals surface area contributed by atoms with Gasteiger partial charge in [-0.3, -0.25) is 4.79 Å². The molecule has 21 heavy (non-hydrogen) atoms. The molecule has 0 atom stereocenters. The Kier molecular flexibility index (Phi) is 5.74. The predicted molar refractivity (Wildman–Crippen MR) is 80.6 cm³/mol. The fraction of sp³-hybridized carbons (Fsp3) is 0.615. The van der Waals surface area contributed by atoms with Gasteiger partial charge in [0.25, 0.3) is 0 Å². The molecule has 1 aromatic rings. The van der Waals surface area contributed by atoms with Crippen LogP contribution in [0.2, 0.25) is 0 Å². The van der Waals surface area contributed by atoms with E-state index in [-0.39, 0.29) is 16.5 Å². The zero-order chi connectivity index (χ0) is 15.3. The molecule has 1 aromatic heterocycles. The standard InChI is InChI=1S/C13H20N2O4S2/c14-21(17,18)13-6-5-11(20-13)9-12(16)15-7-8-19-10-3-1-2-4-10/h5-6,10H,1-4,7-9H2,(H,15,16)(H2,14,17,18). The van der Waals surface area contributed by atoms with Gasteiger partial charge < -0.3 is 10.1 Å². The molecule has 2 rings (SSSR count). The zero-order valence-corrected chi connectivity index (χ0v) is 13.3. The van der Waals surface area contributed by atoms with Crippen molar-refractivity contribution in [2.24, 2.45) is 5.14 Å². The lowest BCUT2D eigenvalue weighted by Crippen LogP contribution is -2.29. The van der Waals surface area contributed by atoms with Crippen molar-refractivity contribution in [2.75, 3.05) is 13.2 Å². The van der Waals surface area contributed by atoms with Crippen molar-refractivity contribution in [1.29, 1.82) is 0 Å². The molecular weight excluding hydrogens is 312 g/mol. The number of carbonyl (C=O) groups is 1. The van der Waals surface area contributed by atoms with Gasteiger partial charge in [0.2, 0.25) is 15.9 Å². The van der Waals surface area contributed by atoms with Crippen LogP contribution in [0, 0.1) is 0 Å². The van der Waals surface area contributed by atoms with E-state index in [0.29, 0.717) is 24.1 Å². The summed E-state index contributed by atoms with van der Waals surface area (Å²) in [6, 6.07) is 3.03. The topological polar surface area (TPSA) is 98.5 Å². The third-order valence-electron chi connectivity index (χ3n) is 3.33. The Morgan fingerprint density at radius 3 is 2.71 bits per heavy atom. The van der Waals surface area contributed by atoms with Gasteiger partial charge in [0.1, 0.15) is 4.21 Å². The lowest BCUT2D eigenvalue weighted by Gasteiger charge is -2.11. The molecule has 3 N–H and O–H groups in total. The minimum absolute atomic E-state index is 0.0786. The van der Waals surface area contributed by atoms with E-state index in [1.807, 2.05) is 0 Å². The number of nitrogens with two attached hydrogens (primary N) is 1. The molecule has 1 aliphatic carbocycles. The lowest BCUT2D eigenvalue weighted by molar-refractivity contribution is -0.120. The van der Waals surface area contributed by atoms with E-state index in [0.717, 1.165) is 24.2 Å². The Morgan fingerprint density at radius 1 is 1.38 bits per heavy atom. The molecule has 1 heterocycles. The molecule has 8 heteroatoms. The fourth-order valence-electron chi connectivity index (χ4n) is 2.30. The van der Waals surface area contributed by atoms with E-state index in [1.54, 1.807) is 6.07 Å². The summed E-state index contributed by atoms with van der Waals surface area (Å²) in [5.74, 6) is -0.146. The van der Waals surface area contributed by atoms with Gasteiger partial charge in [-0.15, -0.1) is 11.3 Å². The molecule has 0 unspecified atom stereocenters. The van der Waals surface area contributed by atoms with Crippen LogP contribution in [0.1, 0.15) is 30.6 Å². The second kappa shape index (κ2) is 7.35. The average Bonchev–Trinajstić information content (AvgIpc) is 3.04. The summed E-state index contributed by atoms with van der Waals surface area (Å²) < 4.78 is 28.0. The number of amides is 1. The van der Waals surface area contributed by atoms with Gasteiger partial charge in [-0.2, -0.15) is 0 Å². The largest absolute Gasteiger partial charge is 0.376 e. The predicted octanol–water partition coefficient (Wildman–Crippen LogP) is 1.01. The molecule has 0 saturated heterocycles. The van der Waals surface area contributed by atoms with E-state index in [9.17, 15) is 13.2 Å². The summed E-state index contributed by atoms with van der Waals surface area (Å²) in [5.41, 5.74) is 0. The van der Waals surface area contributed by atoms with Crippen LogP contribution in [-0.4, -0.2) is 33.6 Å². The van der Waals surface area contributed by atoms with Gasteiger partial charge in [0, 0.05) is 11.4 Å². The summed E-state index contributed by atoms with van der Waals surface area (Å²) >= 11 is 1.02. The second-order valence-electron chi connectivity index (χ2n) is 5.07. The highest BCUT2D eigenvalue weighted by Gasteiger charge is 2.15. The first kappa shape index (κ1) is 16.4. The fourth-order valence-corrected chi connectivity index (χ4v) is 4.08. The third-order valence-corrected chi connectivity index (χ3v) is 5.86. The Morgan fingerprint density at radius 2 is 2.10 bits per heavy atom. The summed E-state index contributed by atoms with van der Waals surface area (Å²) in [6.07, 6.45) is 5.17. The molecule has 118 valence electrons. The van der Waals surface area contributed by atoms with Crippen molar-refractivity contribution in [3.05, 3.63) is 17.0 Å². The highest BCUT2D eigenvalue weighted by Crippen LogP contribution is 2.21. The van der Waals surface area contributed by atoms with E-state index < -0.39 is 10.0 Å². The molecule has 1 fully saturated rings. The molecule has 0 aliphatic heterocycles. The van der Waals surface area contributed by atoms with Crippen molar-refractivity contribution in [2.45, 2.75) is 42.4 Å². The Labute approximate surface area is 128 Å². The Hall–Kier alpha value is -0.960. The first-order valence-corrected chi connectivity index (χ1v) is 9.31. The summed E-state index contributed by atoms with van der Waals surface area (Å²) in [5, 5.41) is 7.79. The highest BCUT2D eigenvalue weighted by atomic mass is 32.2. The van der Waals surface area contributed by atoms with Crippen LogP contribution in [0.5, 0.6) is 0 Å². The number of carbonyl (C=O) groups excluding carboxylic acids is 1. The van der Waals surface area contributed by atoms with E-state index in [4.69, 9.17) is 9.88 Å². The van der Waals surface area contributed by atoms with Crippen LogP contribution in [0.3, 0.4) is 0 Å².